The third-order valence-electron chi connectivity index (χ3n) is 7.98. The Morgan fingerprint density at radius 2 is 1.97 bits per heavy atom. The smallest absolute Gasteiger partial charge is 0.469 e. The van der Waals surface area contributed by atoms with Crippen molar-refractivity contribution < 1.29 is 40.1 Å². The first kappa shape index (κ1) is 24.0. The molecule has 0 heterocycles. The Morgan fingerprint density at radius 3 is 2.64 bits per heavy atom. The van der Waals surface area contributed by atoms with Gasteiger partial charge < -0.3 is 8.92 Å². The van der Waals surface area contributed by atoms with Gasteiger partial charge in [0.1, 0.15) is 11.5 Å². The van der Waals surface area contributed by atoms with Crippen LogP contribution in [0.4, 0.5) is 13.2 Å². The molecule has 0 spiro atoms. The predicted octanol–water partition coefficient (Wildman–Crippen LogP) is 4.52. The molecule has 1 aromatic rings. The van der Waals surface area contributed by atoms with Gasteiger partial charge in [0.2, 0.25) is 0 Å². The Kier molecular flexibility index (Phi) is 6.04. The number of Topliss-reactive ketones (excluding diaryl/α,β-unsaturated/α-hetero) is 1. The molecule has 3 unspecified atom stereocenters. The number of ketones is 1. The summed E-state index contributed by atoms with van der Waals surface area (Å²) in [5, 5.41) is 0. The lowest BCUT2D eigenvalue weighted by Crippen LogP contribution is -2.44. The standard InChI is InChI=1S/C23H27F3O6S/c1-22-10-9-17-16-7-5-15(32-33(29,30)23(24,25)26)11-13(16)3-6-18(17)21(22)14(12-19(22)27)4-8-20(28)31-2/h5,7,11,14,17-18,21H,3-4,6,8-10,12H2,1-2H3/t14-,17?,18?,21?,22-/m1/s1. The second-order valence-corrected chi connectivity index (χ2v) is 11.2. The van der Waals surface area contributed by atoms with Crippen molar-refractivity contribution in [1.82, 2.24) is 0 Å². The number of fused-ring (bicyclic) bond motifs is 5. The summed E-state index contributed by atoms with van der Waals surface area (Å²) < 4.78 is 69.8. The van der Waals surface area contributed by atoms with Crippen molar-refractivity contribution in [3.8, 4) is 5.75 Å². The van der Waals surface area contributed by atoms with Gasteiger partial charge in [-0.2, -0.15) is 21.6 Å². The Morgan fingerprint density at radius 1 is 1.24 bits per heavy atom. The zero-order valence-electron chi connectivity index (χ0n) is 18.5. The fourth-order valence-corrected chi connectivity index (χ4v) is 6.97. The van der Waals surface area contributed by atoms with Crippen LogP contribution in [-0.2, 0) is 30.9 Å². The maximum atomic E-state index is 13.0. The van der Waals surface area contributed by atoms with E-state index in [9.17, 15) is 31.2 Å². The molecule has 4 rings (SSSR count). The minimum atomic E-state index is -5.72. The molecule has 2 saturated carbocycles. The number of hydrogen-bond donors (Lipinski definition) is 0. The van der Waals surface area contributed by atoms with Gasteiger partial charge in [0.15, 0.2) is 0 Å². The average molecular weight is 489 g/mol. The van der Waals surface area contributed by atoms with E-state index in [1.807, 2.05) is 6.92 Å². The Balaban J connectivity index is 1.59. The van der Waals surface area contributed by atoms with E-state index in [1.165, 1.54) is 19.2 Å². The molecule has 33 heavy (non-hydrogen) atoms. The lowest BCUT2D eigenvalue weighted by Gasteiger charge is -2.50. The SMILES string of the molecule is COC(=O)CC[C@@H]1CC(=O)[C@@]2(C)CCC3c4ccc(OS(=O)(=O)C(F)(F)F)cc4CCC3C12. The first-order chi connectivity index (χ1) is 15.4. The van der Waals surface area contributed by atoms with E-state index in [1.54, 1.807) is 6.07 Å². The van der Waals surface area contributed by atoms with E-state index in [0.29, 0.717) is 25.7 Å². The zero-order valence-corrected chi connectivity index (χ0v) is 19.3. The number of hydrogen-bond acceptors (Lipinski definition) is 6. The first-order valence-corrected chi connectivity index (χ1v) is 12.5. The first-order valence-electron chi connectivity index (χ1n) is 11.1. The van der Waals surface area contributed by atoms with Gasteiger partial charge in [0.25, 0.3) is 0 Å². The molecule has 0 N–H and O–H groups in total. The van der Waals surface area contributed by atoms with Crippen molar-refractivity contribution in [2.75, 3.05) is 7.11 Å². The molecule has 2 fully saturated rings. The van der Waals surface area contributed by atoms with Crippen molar-refractivity contribution in [3.63, 3.8) is 0 Å². The number of esters is 1. The van der Waals surface area contributed by atoms with Crippen LogP contribution in [-0.4, -0.2) is 32.8 Å². The second kappa shape index (κ2) is 8.29. The number of benzene rings is 1. The van der Waals surface area contributed by atoms with Gasteiger partial charge >= 0.3 is 21.6 Å². The maximum Gasteiger partial charge on any atom is 0.534 e. The van der Waals surface area contributed by atoms with Crippen LogP contribution in [0, 0.1) is 23.2 Å². The van der Waals surface area contributed by atoms with Crippen LogP contribution < -0.4 is 4.18 Å². The van der Waals surface area contributed by atoms with Crippen LogP contribution in [0.1, 0.15) is 62.5 Å². The highest BCUT2D eigenvalue weighted by atomic mass is 32.2. The molecule has 1 aromatic carbocycles. The van der Waals surface area contributed by atoms with E-state index in [-0.39, 0.29) is 47.6 Å². The summed E-state index contributed by atoms with van der Waals surface area (Å²) in [6.45, 7) is 2.03. The molecule has 0 saturated heterocycles. The number of rotatable bonds is 5. The highest BCUT2D eigenvalue weighted by molar-refractivity contribution is 7.88. The summed E-state index contributed by atoms with van der Waals surface area (Å²) in [5.41, 5.74) is -4.15. The molecule has 0 radical (unpaired) electrons. The minimum Gasteiger partial charge on any atom is -0.469 e. The fraction of sp³-hybridized carbons (Fsp3) is 0.652. The minimum absolute atomic E-state index is 0.0930. The van der Waals surface area contributed by atoms with Crippen molar-refractivity contribution in [3.05, 3.63) is 29.3 Å². The van der Waals surface area contributed by atoms with Crippen LogP contribution in [0.15, 0.2) is 18.2 Å². The molecular formula is C23H27F3O6S. The summed E-state index contributed by atoms with van der Waals surface area (Å²) in [4.78, 5) is 24.6. The predicted molar refractivity (Wildman–Crippen MR) is 112 cm³/mol. The Bertz CT molecular complexity index is 1070. The summed E-state index contributed by atoms with van der Waals surface area (Å²) >= 11 is 0. The molecule has 0 aromatic heterocycles. The molecule has 3 aliphatic rings. The van der Waals surface area contributed by atoms with Crippen LogP contribution in [0.2, 0.25) is 0 Å². The number of carbonyl (C=O) groups excluding carboxylic acids is 2. The molecule has 182 valence electrons. The monoisotopic (exact) mass is 488 g/mol. The fourth-order valence-electron chi connectivity index (χ4n) is 6.51. The van der Waals surface area contributed by atoms with Gasteiger partial charge in [0.05, 0.1) is 7.11 Å². The van der Waals surface area contributed by atoms with Crippen molar-refractivity contribution in [1.29, 1.82) is 0 Å². The second-order valence-electron chi connectivity index (χ2n) is 9.64. The average Bonchev–Trinajstić information content (AvgIpc) is 3.00. The van der Waals surface area contributed by atoms with E-state index in [4.69, 9.17) is 4.74 Å². The van der Waals surface area contributed by atoms with Gasteiger partial charge in [-0.25, -0.2) is 0 Å². The molecule has 10 heteroatoms. The molecule has 3 aliphatic carbocycles. The normalized spacial score (nSPS) is 31.4. The van der Waals surface area contributed by atoms with Gasteiger partial charge in [0, 0.05) is 18.3 Å². The van der Waals surface area contributed by atoms with Crippen LogP contribution in [0.5, 0.6) is 5.75 Å². The number of alkyl halides is 3. The summed E-state index contributed by atoms with van der Waals surface area (Å²) in [6.07, 6.45) is 4.11. The van der Waals surface area contributed by atoms with E-state index >= 15 is 0 Å². The molecule has 0 amide bonds. The highest BCUT2D eigenvalue weighted by Crippen LogP contribution is 2.62. The highest BCUT2D eigenvalue weighted by Gasteiger charge is 2.58. The quantitative estimate of drug-likeness (QED) is 0.344. The lowest BCUT2D eigenvalue weighted by molar-refractivity contribution is -0.141. The van der Waals surface area contributed by atoms with Crippen molar-refractivity contribution in [2.24, 2.45) is 23.2 Å². The number of carbonyl (C=O) groups is 2. The largest absolute Gasteiger partial charge is 0.534 e. The number of aryl methyl sites for hydroxylation is 1. The van der Waals surface area contributed by atoms with Gasteiger partial charge in [-0.1, -0.05) is 13.0 Å². The molecule has 0 aliphatic heterocycles. The summed E-state index contributed by atoms with van der Waals surface area (Å²) in [6, 6.07) is 4.32. The van der Waals surface area contributed by atoms with Crippen molar-refractivity contribution >= 4 is 21.9 Å². The number of methoxy groups -OCH3 is 1. The van der Waals surface area contributed by atoms with E-state index in [2.05, 4.69) is 4.18 Å². The van der Waals surface area contributed by atoms with E-state index < -0.39 is 21.0 Å². The van der Waals surface area contributed by atoms with Crippen LogP contribution >= 0.6 is 0 Å². The third kappa shape index (κ3) is 4.15. The molecule has 5 atom stereocenters. The Labute approximate surface area is 190 Å². The van der Waals surface area contributed by atoms with Gasteiger partial charge in [-0.05, 0) is 79.0 Å². The molecule has 0 bridgehead atoms. The number of halogens is 3. The van der Waals surface area contributed by atoms with Crippen molar-refractivity contribution in [2.45, 2.75) is 63.3 Å². The summed E-state index contributed by atoms with van der Waals surface area (Å²) in [7, 11) is -4.38. The summed E-state index contributed by atoms with van der Waals surface area (Å²) in [5.74, 6) is 0.171. The third-order valence-corrected chi connectivity index (χ3v) is 8.96. The van der Waals surface area contributed by atoms with Gasteiger partial charge in [-0.15, -0.1) is 0 Å². The Hall–Kier alpha value is -2.10. The van der Waals surface area contributed by atoms with Gasteiger partial charge in [-0.3, -0.25) is 9.59 Å². The number of ether oxygens (including phenoxy) is 1. The molecule has 6 nitrogen and oxygen atoms in total. The molecular weight excluding hydrogens is 461 g/mol. The maximum absolute atomic E-state index is 13.0. The zero-order chi connectivity index (χ0) is 24.2. The van der Waals surface area contributed by atoms with Crippen LogP contribution in [0.25, 0.3) is 0 Å². The van der Waals surface area contributed by atoms with E-state index in [0.717, 1.165) is 24.0 Å². The lowest BCUT2D eigenvalue weighted by atomic mass is 9.54. The van der Waals surface area contributed by atoms with Crippen LogP contribution in [0.3, 0.4) is 0 Å². The topological polar surface area (TPSA) is 86.7 Å².